The van der Waals surface area contributed by atoms with Gasteiger partial charge in [0.05, 0.1) is 74.5 Å². The fourth-order valence-electron chi connectivity index (χ4n) is 4.68. The fourth-order valence-corrected chi connectivity index (χ4v) is 5.56. The maximum Gasteiger partial charge on any atom is 0.229 e. The molecule has 0 spiro atoms. The zero-order chi connectivity index (χ0) is 30.5. The Labute approximate surface area is 271 Å². The average molecular weight is 683 g/mol. The van der Waals surface area contributed by atoms with E-state index in [1.165, 1.54) is 0 Å². The first-order valence-electron chi connectivity index (χ1n) is 13.8. The van der Waals surface area contributed by atoms with Gasteiger partial charge in [-0.2, -0.15) is 0 Å². The molecule has 242 valence electrons. The van der Waals surface area contributed by atoms with E-state index < -0.39 is 10.0 Å². The van der Waals surface area contributed by atoms with Crippen molar-refractivity contribution in [3.8, 4) is 0 Å². The van der Waals surface area contributed by atoms with Crippen molar-refractivity contribution in [2.24, 2.45) is 0 Å². The Morgan fingerprint density at radius 2 is 1.74 bits per heavy atom. The third kappa shape index (κ3) is 13.5. The Bertz CT molecular complexity index is 1260. The summed E-state index contributed by atoms with van der Waals surface area (Å²) in [6.07, 6.45) is 2.18. The molecule has 1 saturated heterocycles. The molecule has 1 N–H and O–H groups in total. The highest BCUT2D eigenvalue weighted by molar-refractivity contribution is 7.92. The van der Waals surface area contributed by atoms with Gasteiger partial charge in [0.1, 0.15) is 0 Å². The second-order valence-electron chi connectivity index (χ2n) is 10.2. The summed E-state index contributed by atoms with van der Waals surface area (Å²) in [4.78, 5) is 17.4. The normalized spacial score (nSPS) is 16.1. The lowest BCUT2D eigenvalue weighted by Crippen LogP contribution is -2.39. The van der Waals surface area contributed by atoms with Gasteiger partial charge < -0.3 is 23.8 Å². The van der Waals surface area contributed by atoms with Crippen LogP contribution in [0.4, 0.5) is 5.69 Å². The second-order valence-corrected chi connectivity index (χ2v) is 12.8. The summed E-state index contributed by atoms with van der Waals surface area (Å²) in [5.74, 6) is -0.102. The van der Waals surface area contributed by atoms with Crippen LogP contribution in [-0.2, 0) is 40.2 Å². The van der Waals surface area contributed by atoms with E-state index in [1.54, 1.807) is 55.5 Å². The van der Waals surface area contributed by atoms with Crippen LogP contribution in [-0.4, -0.2) is 110 Å². The summed E-state index contributed by atoms with van der Waals surface area (Å²) in [6, 6.07) is 12.0. The van der Waals surface area contributed by atoms with Gasteiger partial charge in [-0.1, -0.05) is 41.4 Å². The van der Waals surface area contributed by atoms with Gasteiger partial charge in [0, 0.05) is 39.5 Å². The number of carbonyl (C=O) groups is 1. The molecule has 14 heteroatoms. The number of nitrogens with one attached hydrogen (secondary N) is 1. The molecule has 1 fully saturated rings. The van der Waals surface area contributed by atoms with Crippen LogP contribution in [0.1, 0.15) is 23.6 Å². The molecular weight excluding hydrogens is 641 g/mol. The largest absolute Gasteiger partial charge is 0.382 e. The molecular formula is C29H42Cl3N3O7S. The van der Waals surface area contributed by atoms with Crippen LogP contribution in [0.2, 0.25) is 10.0 Å². The van der Waals surface area contributed by atoms with Crippen LogP contribution < -0.4 is 4.72 Å². The number of amides is 1. The van der Waals surface area contributed by atoms with Crippen molar-refractivity contribution in [3.63, 3.8) is 0 Å². The monoisotopic (exact) mass is 681 g/mol. The number of ether oxygens (including phenoxy) is 4. The number of nitrogens with zero attached hydrogens (tertiary/aromatic N) is 2. The number of likely N-dealkylation sites (tertiary alicyclic amines) is 1. The zero-order valence-corrected chi connectivity index (χ0v) is 27.9. The number of sulfonamides is 1. The van der Waals surface area contributed by atoms with Crippen LogP contribution >= 0.6 is 35.6 Å². The molecule has 10 nitrogen and oxygen atoms in total. The van der Waals surface area contributed by atoms with Crippen LogP contribution in [0.3, 0.4) is 0 Å². The maximum atomic E-state index is 13.4. The van der Waals surface area contributed by atoms with Gasteiger partial charge in [-0.05, 0) is 41.8 Å². The molecule has 1 aliphatic rings. The lowest BCUT2D eigenvalue weighted by atomic mass is 10.0. The van der Waals surface area contributed by atoms with Crippen molar-refractivity contribution in [2.45, 2.75) is 25.0 Å². The molecule has 0 saturated carbocycles. The van der Waals surface area contributed by atoms with E-state index >= 15 is 0 Å². The number of anilines is 1. The number of carbonyl (C=O) groups excluding carboxylic acids is 1. The lowest BCUT2D eigenvalue weighted by Gasteiger charge is -2.32. The highest BCUT2D eigenvalue weighted by Crippen LogP contribution is 2.28. The van der Waals surface area contributed by atoms with E-state index in [1.807, 2.05) is 6.07 Å². The van der Waals surface area contributed by atoms with Gasteiger partial charge in [-0.3, -0.25) is 14.4 Å². The van der Waals surface area contributed by atoms with Crippen LogP contribution in [0, 0.1) is 0 Å². The van der Waals surface area contributed by atoms with Gasteiger partial charge in [-0.15, -0.1) is 12.4 Å². The van der Waals surface area contributed by atoms with Crippen molar-refractivity contribution in [1.29, 1.82) is 0 Å². The van der Waals surface area contributed by atoms with Crippen LogP contribution in [0.15, 0.2) is 42.5 Å². The Morgan fingerprint density at radius 3 is 2.42 bits per heavy atom. The Kier molecular flexibility index (Phi) is 16.6. The number of methoxy groups -OCH3 is 1. The predicted molar refractivity (Wildman–Crippen MR) is 172 cm³/mol. The molecule has 43 heavy (non-hydrogen) atoms. The van der Waals surface area contributed by atoms with E-state index in [-0.39, 0.29) is 36.9 Å². The minimum absolute atomic E-state index is 0. The minimum atomic E-state index is -3.46. The van der Waals surface area contributed by atoms with Gasteiger partial charge in [0.25, 0.3) is 0 Å². The van der Waals surface area contributed by atoms with Crippen molar-refractivity contribution < 1.29 is 32.2 Å². The standard InChI is InChI=1S/C29H41Cl2N3O7S.ClH/c1-33(29(35)18-22-7-8-26(30)27(31)17-22)28(23-5-4-6-24(19-23)32-42(3,36)37)21-34-10-9-25(20-34)41-16-15-40-14-13-39-12-11-38-2;/h4-8,17,19,25,28,32H,9-16,18,20-21H2,1-3H3;1H/t25?,28-;/m1./s1. The summed E-state index contributed by atoms with van der Waals surface area (Å²) in [5, 5.41) is 0.822. The number of halogens is 3. The van der Waals surface area contributed by atoms with Crippen LogP contribution in [0.5, 0.6) is 0 Å². The van der Waals surface area contributed by atoms with Crippen molar-refractivity contribution in [2.75, 3.05) is 84.4 Å². The van der Waals surface area contributed by atoms with Gasteiger partial charge >= 0.3 is 0 Å². The van der Waals surface area contributed by atoms with Crippen molar-refractivity contribution >= 4 is 57.2 Å². The van der Waals surface area contributed by atoms with E-state index in [0.717, 1.165) is 30.3 Å². The van der Waals surface area contributed by atoms with Crippen LogP contribution in [0.25, 0.3) is 0 Å². The zero-order valence-electron chi connectivity index (χ0n) is 24.8. The third-order valence-corrected chi connectivity index (χ3v) is 8.17. The highest BCUT2D eigenvalue weighted by Gasteiger charge is 2.29. The highest BCUT2D eigenvalue weighted by atomic mass is 35.5. The second kappa shape index (κ2) is 19.0. The lowest BCUT2D eigenvalue weighted by molar-refractivity contribution is -0.131. The Hall–Kier alpha value is -1.67. The van der Waals surface area contributed by atoms with Gasteiger partial charge in [-0.25, -0.2) is 8.42 Å². The molecule has 2 aromatic carbocycles. The summed E-state index contributed by atoms with van der Waals surface area (Å²) in [7, 11) is -0.0574. The summed E-state index contributed by atoms with van der Waals surface area (Å²) < 4.78 is 48.2. The van der Waals surface area contributed by atoms with Crippen molar-refractivity contribution in [3.05, 3.63) is 63.6 Å². The maximum absolute atomic E-state index is 13.4. The molecule has 1 heterocycles. The topological polar surface area (TPSA) is 107 Å². The first kappa shape index (κ1) is 37.5. The molecule has 2 atom stereocenters. The molecule has 3 rings (SSSR count). The molecule has 2 aromatic rings. The van der Waals surface area contributed by atoms with Gasteiger partial charge in [0.15, 0.2) is 0 Å². The first-order chi connectivity index (χ1) is 20.1. The molecule has 0 aromatic heterocycles. The van der Waals surface area contributed by atoms with Gasteiger partial charge in [0.2, 0.25) is 15.9 Å². The summed E-state index contributed by atoms with van der Waals surface area (Å²) >= 11 is 12.2. The van der Waals surface area contributed by atoms with Crippen molar-refractivity contribution in [1.82, 2.24) is 9.80 Å². The number of hydrogen-bond donors (Lipinski definition) is 1. The van der Waals surface area contributed by atoms with E-state index in [9.17, 15) is 13.2 Å². The minimum Gasteiger partial charge on any atom is -0.382 e. The first-order valence-corrected chi connectivity index (χ1v) is 16.5. The summed E-state index contributed by atoms with van der Waals surface area (Å²) in [6.45, 7) is 5.18. The Morgan fingerprint density at radius 1 is 1.05 bits per heavy atom. The average Bonchev–Trinajstić information content (AvgIpc) is 3.39. The Balaban J connectivity index is 0.00000645. The number of hydrogen-bond acceptors (Lipinski definition) is 8. The molecule has 0 bridgehead atoms. The molecule has 1 amide bonds. The molecule has 0 aliphatic carbocycles. The fraction of sp³-hybridized carbons (Fsp3) is 0.552. The number of benzene rings is 2. The quantitative estimate of drug-likeness (QED) is 0.232. The molecule has 1 unspecified atom stereocenters. The molecule has 0 radical (unpaired) electrons. The van der Waals surface area contributed by atoms with E-state index in [0.29, 0.717) is 68.5 Å². The number of likely N-dealkylation sites (N-methyl/N-ethyl adjacent to an activating group) is 1. The van der Waals surface area contributed by atoms with E-state index in [2.05, 4.69) is 9.62 Å². The van der Waals surface area contributed by atoms with E-state index in [4.69, 9.17) is 42.1 Å². The molecule has 1 aliphatic heterocycles. The SMILES string of the molecule is COCCOCCOCCOC1CCN(C[C@H](c2cccc(NS(C)(=O)=O)c2)N(C)C(=O)Cc2ccc(Cl)c(Cl)c2)C1.Cl. The predicted octanol–water partition coefficient (Wildman–Crippen LogP) is 4.30. The smallest absolute Gasteiger partial charge is 0.229 e. The third-order valence-electron chi connectivity index (χ3n) is 6.82. The number of rotatable bonds is 18. The summed E-state index contributed by atoms with van der Waals surface area (Å²) in [5.41, 5.74) is 2.02.